The van der Waals surface area contributed by atoms with Gasteiger partial charge in [0.25, 0.3) is 11.6 Å². The monoisotopic (exact) mass is 375 g/mol. The number of likely N-dealkylation sites (tertiary alicyclic amines) is 1. The molecule has 2 aromatic rings. The Kier molecular flexibility index (Phi) is 6.34. The number of nitro benzene ring substituents is 1. The molecule has 26 heavy (non-hydrogen) atoms. The van der Waals surface area contributed by atoms with Gasteiger partial charge in [0.15, 0.2) is 0 Å². The van der Waals surface area contributed by atoms with Crippen LogP contribution in [0.25, 0.3) is 0 Å². The fourth-order valence-electron chi connectivity index (χ4n) is 3.48. The van der Waals surface area contributed by atoms with Gasteiger partial charge in [-0.15, -0.1) is 12.4 Å². The van der Waals surface area contributed by atoms with Crippen molar-refractivity contribution in [3.8, 4) is 0 Å². The zero-order valence-corrected chi connectivity index (χ0v) is 15.3. The van der Waals surface area contributed by atoms with E-state index in [0.29, 0.717) is 25.2 Å². The zero-order chi connectivity index (χ0) is 18.0. The number of carbonyl (C=O) groups is 1. The minimum Gasteiger partial charge on any atom is -0.338 e. The van der Waals surface area contributed by atoms with E-state index in [0.717, 1.165) is 5.56 Å². The molecule has 1 aliphatic rings. The van der Waals surface area contributed by atoms with Gasteiger partial charge in [0.1, 0.15) is 0 Å². The Hall–Kier alpha value is -2.44. The van der Waals surface area contributed by atoms with Crippen LogP contribution in [0.1, 0.15) is 27.4 Å². The van der Waals surface area contributed by atoms with Crippen molar-refractivity contribution in [1.82, 2.24) is 4.90 Å². The van der Waals surface area contributed by atoms with Crippen molar-refractivity contribution in [3.63, 3.8) is 0 Å². The Bertz CT molecular complexity index is 798. The highest BCUT2D eigenvalue weighted by atomic mass is 35.5. The Morgan fingerprint density at radius 2 is 1.92 bits per heavy atom. The van der Waals surface area contributed by atoms with Crippen LogP contribution in [0.3, 0.4) is 0 Å². The van der Waals surface area contributed by atoms with Crippen LogP contribution in [0.2, 0.25) is 0 Å². The molecule has 1 aliphatic heterocycles. The molecule has 0 spiro atoms. The summed E-state index contributed by atoms with van der Waals surface area (Å²) in [5.41, 5.74) is 8.16. The summed E-state index contributed by atoms with van der Waals surface area (Å²) < 4.78 is 0. The van der Waals surface area contributed by atoms with Crippen LogP contribution < -0.4 is 5.73 Å². The zero-order valence-electron chi connectivity index (χ0n) is 14.5. The normalized spacial score (nSPS) is 19.1. The summed E-state index contributed by atoms with van der Waals surface area (Å²) in [5, 5.41) is 11.0. The quantitative estimate of drug-likeness (QED) is 0.656. The fourth-order valence-corrected chi connectivity index (χ4v) is 3.48. The molecular formula is C19H22ClN3O3. The molecule has 138 valence electrons. The van der Waals surface area contributed by atoms with E-state index in [4.69, 9.17) is 5.73 Å². The number of halogens is 1. The number of hydrogen-bond donors (Lipinski definition) is 1. The van der Waals surface area contributed by atoms with Gasteiger partial charge in [0.2, 0.25) is 0 Å². The molecule has 1 amide bonds. The van der Waals surface area contributed by atoms with E-state index in [1.807, 2.05) is 18.2 Å². The highest BCUT2D eigenvalue weighted by Gasteiger charge is 2.36. The van der Waals surface area contributed by atoms with E-state index in [2.05, 4.69) is 12.1 Å². The van der Waals surface area contributed by atoms with Crippen molar-refractivity contribution < 1.29 is 9.72 Å². The highest BCUT2D eigenvalue weighted by molar-refractivity contribution is 5.96. The summed E-state index contributed by atoms with van der Waals surface area (Å²) in [6, 6.07) is 14.5. The van der Waals surface area contributed by atoms with E-state index < -0.39 is 4.92 Å². The molecule has 1 saturated heterocycles. The molecule has 2 N–H and O–H groups in total. The third kappa shape index (κ3) is 3.86. The number of nitrogens with zero attached hydrogens (tertiary/aromatic N) is 2. The van der Waals surface area contributed by atoms with Crippen molar-refractivity contribution in [2.24, 2.45) is 11.7 Å². The van der Waals surface area contributed by atoms with Crippen LogP contribution in [-0.4, -0.2) is 35.4 Å². The number of nitrogens with two attached hydrogens (primary N) is 1. The number of carbonyl (C=O) groups excluding carboxylic acids is 1. The van der Waals surface area contributed by atoms with Gasteiger partial charge < -0.3 is 10.6 Å². The first-order valence-corrected chi connectivity index (χ1v) is 8.30. The first-order chi connectivity index (χ1) is 12.0. The molecule has 0 aromatic heterocycles. The molecule has 0 unspecified atom stereocenters. The van der Waals surface area contributed by atoms with Gasteiger partial charge in [-0.1, -0.05) is 36.4 Å². The third-order valence-electron chi connectivity index (χ3n) is 4.92. The van der Waals surface area contributed by atoms with Crippen molar-refractivity contribution in [2.75, 3.05) is 19.6 Å². The van der Waals surface area contributed by atoms with E-state index in [1.165, 1.54) is 17.7 Å². The molecule has 1 heterocycles. The lowest BCUT2D eigenvalue weighted by Crippen LogP contribution is -2.30. The molecule has 0 bridgehead atoms. The van der Waals surface area contributed by atoms with E-state index in [9.17, 15) is 14.9 Å². The van der Waals surface area contributed by atoms with Crippen LogP contribution in [0.15, 0.2) is 48.5 Å². The molecule has 2 aromatic carbocycles. The highest BCUT2D eigenvalue weighted by Crippen LogP contribution is 2.33. The minimum atomic E-state index is -0.477. The SMILES string of the molecule is Cc1ccc([N+](=O)[O-])cc1C(=O)N1C[C@@H](CN)[C@H](c2ccccc2)C1.Cl. The number of benzene rings is 2. The van der Waals surface area contributed by atoms with Crippen LogP contribution in [-0.2, 0) is 0 Å². The fraction of sp³-hybridized carbons (Fsp3) is 0.316. The predicted molar refractivity (Wildman–Crippen MR) is 103 cm³/mol. The first kappa shape index (κ1) is 19.9. The van der Waals surface area contributed by atoms with E-state index >= 15 is 0 Å². The summed E-state index contributed by atoms with van der Waals surface area (Å²) in [4.78, 5) is 25.2. The maximum absolute atomic E-state index is 12.9. The number of amides is 1. The van der Waals surface area contributed by atoms with Crippen LogP contribution in [0.5, 0.6) is 0 Å². The van der Waals surface area contributed by atoms with Gasteiger partial charge in [-0.2, -0.15) is 0 Å². The molecule has 2 atom stereocenters. The average Bonchev–Trinajstić information content (AvgIpc) is 3.06. The molecule has 6 nitrogen and oxygen atoms in total. The summed E-state index contributed by atoms with van der Waals surface area (Å²) in [6.07, 6.45) is 0. The lowest BCUT2D eigenvalue weighted by molar-refractivity contribution is -0.384. The number of hydrogen-bond acceptors (Lipinski definition) is 4. The van der Waals surface area contributed by atoms with E-state index in [1.54, 1.807) is 17.9 Å². The number of aryl methyl sites for hydroxylation is 1. The molecule has 0 aliphatic carbocycles. The van der Waals surface area contributed by atoms with Crippen molar-refractivity contribution >= 4 is 24.0 Å². The van der Waals surface area contributed by atoms with Gasteiger partial charge in [-0.05, 0) is 30.5 Å². The minimum absolute atomic E-state index is 0. The smallest absolute Gasteiger partial charge is 0.270 e. The van der Waals surface area contributed by atoms with Gasteiger partial charge in [0, 0.05) is 36.7 Å². The number of non-ortho nitro benzene ring substituents is 1. The molecule has 0 saturated carbocycles. The van der Waals surface area contributed by atoms with Gasteiger partial charge in [-0.25, -0.2) is 0 Å². The molecule has 7 heteroatoms. The second-order valence-electron chi connectivity index (χ2n) is 6.48. The molecular weight excluding hydrogens is 354 g/mol. The molecule has 3 rings (SSSR count). The van der Waals surface area contributed by atoms with Crippen LogP contribution in [0, 0.1) is 23.0 Å². The van der Waals surface area contributed by atoms with Gasteiger partial charge in [0.05, 0.1) is 4.92 Å². The van der Waals surface area contributed by atoms with Gasteiger partial charge in [-0.3, -0.25) is 14.9 Å². The maximum Gasteiger partial charge on any atom is 0.270 e. The summed E-state index contributed by atoms with van der Waals surface area (Å²) in [7, 11) is 0. The summed E-state index contributed by atoms with van der Waals surface area (Å²) in [5.74, 6) is 0.206. The van der Waals surface area contributed by atoms with Crippen molar-refractivity contribution in [1.29, 1.82) is 0 Å². The Balaban J connectivity index is 0.00000243. The van der Waals surface area contributed by atoms with Crippen LogP contribution in [0.4, 0.5) is 5.69 Å². The second-order valence-corrected chi connectivity index (χ2v) is 6.48. The summed E-state index contributed by atoms with van der Waals surface area (Å²) in [6.45, 7) is 3.43. The molecule has 1 fully saturated rings. The number of nitro groups is 1. The van der Waals surface area contributed by atoms with Gasteiger partial charge >= 0.3 is 0 Å². The Morgan fingerprint density at radius 1 is 1.23 bits per heavy atom. The average molecular weight is 376 g/mol. The van der Waals surface area contributed by atoms with Crippen molar-refractivity contribution in [2.45, 2.75) is 12.8 Å². The number of rotatable bonds is 4. The lowest BCUT2D eigenvalue weighted by atomic mass is 9.89. The lowest BCUT2D eigenvalue weighted by Gasteiger charge is -2.18. The third-order valence-corrected chi connectivity index (χ3v) is 4.92. The Morgan fingerprint density at radius 3 is 2.54 bits per heavy atom. The standard InChI is InChI=1S/C19H21N3O3.ClH/c1-13-7-8-16(22(24)25)9-17(13)19(23)21-11-15(10-20)18(12-21)14-5-3-2-4-6-14;/h2-9,15,18H,10-12,20H2,1H3;1H/t15-,18+;/m1./s1. The Labute approximate surface area is 158 Å². The second kappa shape index (κ2) is 8.29. The largest absolute Gasteiger partial charge is 0.338 e. The predicted octanol–water partition coefficient (Wildman–Crippen LogP) is 3.14. The topological polar surface area (TPSA) is 89.5 Å². The first-order valence-electron chi connectivity index (χ1n) is 8.30. The van der Waals surface area contributed by atoms with Crippen molar-refractivity contribution in [3.05, 3.63) is 75.3 Å². The van der Waals surface area contributed by atoms with Crippen LogP contribution >= 0.6 is 12.4 Å². The van der Waals surface area contributed by atoms with E-state index in [-0.39, 0.29) is 35.8 Å². The molecule has 0 radical (unpaired) electrons. The summed E-state index contributed by atoms with van der Waals surface area (Å²) >= 11 is 0. The maximum atomic E-state index is 12.9.